The Labute approximate surface area is 146 Å². The van der Waals surface area contributed by atoms with Crippen LogP contribution < -0.4 is 20.6 Å². The highest BCUT2D eigenvalue weighted by atomic mass is 16.8. The third kappa shape index (κ3) is 4.09. The molecule has 1 unspecified atom stereocenters. The number of rotatable bonds is 7. The maximum Gasteiger partial charge on any atom is 0.250 e. The Balaban J connectivity index is 2.42. The molecule has 0 radical (unpaired) electrons. The number of nitrogens with one attached hydrogen (secondary N) is 3. The maximum absolute atomic E-state index is 12.3. The van der Waals surface area contributed by atoms with E-state index in [0.29, 0.717) is 41.3 Å². The normalized spacial score (nSPS) is 17.0. The predicted molar refractivity (Wildman–Crippen MR) is 93.0 cm³/mol. The fourth-order valence-electron chi connectivity index (χ4n) is 2.66. The summed E-state index contributed by atoms with van der Waals surface area (Å²) in [5, 5.41) is 32.7. The van der Waals surface area contributed by atoms with Crippen molar-refractivity contribution >= 4 is 17.3 Å². The van der Waals surface area contributed by atoms with Crippen molar-refractivity contribution < 1.29 is 19.9 Å². The van der Waals surface area contributed by atoms with Gasteiger partial charge in [-0.3, -0.25) is 15.2 Å². The molecule has 25 heavy (non-hydrogen) atoms. The van der Waals surface area contributed by atoms with Crippen LogP contribution in [0.3, 0.4) is 0 Å². The van der Waals surface area contributed by atoms with Crippen LogP contribution in [-0.4, -0.2) is 28.6 Å². The molecule has 0 fully saturated rings. The van der Waals surface area contributed by atoms with E-state index in [1.807, 2.05) is 13.8 Å². The van der Waals surface area contributed by atoms with Gasteiger partial charge in [0.15, 0.2) is 0 Å². The average Bonchev–Trinajstić information content (AvgIpc) is 2.57. The molecule has 8 nitrogen and oxygen atoms in total. The third-order valence-electron chi connectivity index (χ3n) is 3.92. The zero-order valence-corrected chi connectivity index (χ0v) is 14.6. The Bertz CT molecular complexity index is 700. The molecule has 0 aliphatic carbocycles. The van der Waals surface area contributed by atoms with Crippen molar-refractivity contribution in [1.82, 2.24) is 10.6 Å². The van der Waals surface area contributed by atoms with E-state index >= 15 is 0 Å². The predicted octanol–water partition coefficient (Wildman–Crippen LogP) is 2.48. The van der Waals surface area contributed by atoms with Gasteiger partial charge in [-0.05, 0) is 38.5 Å². The van der Waals surface area contributed by atoms with Gasteiger partial charge in [-0.25, -0.2) is 0 Å². The molecule has 1 atom stereocenters. The molecule has 1 aromatic rings. The van der Waals surface area contributed by atoms with Gasteiger partial charge in [0.2, 0.25) is 0 Å². The van der Waals surface area contributed by atoms with E-state index in [2.05, 4.69) is 10.6 Å². The van der Waals surface area contributed by atoms with E-state index in [0.717, 1.165) is 6.42 Å². The average molecular weight is 348 g/mol. The fraction of sp³-hybridized carbons (Fsp3) is 0.412. The number of ether oxygens (including phenoxy) is 1. The second-order valence-electron chi connectivity index (χ2n) is 5.72. The molecule has 0 bridgehead atoms. The first kappa shape index (κ1) is 18.8. The summed E-state index contributed by atoms with van der Waals surface area (Å²) in [4.78, 5) is 12.3. The Morgan fingerprint density at radius 2 is 2.04 bits per heavy atom. The number of carbonyl (C=O) groups is 1. The first-order valence-electron chi connectivity index (χ1n) is 8.19. The lowest BCUT2D eigenvalue weighted by Gasteiger charge is -2.31. The Morgan fingerprint density at radius 3 is 2.64 bits per heavy atom. The van der Waals surface area contributed by atoms with Gasteiger partial charge in [0.05, 0.1) is 23.7 Å². The summed E-state index contributed by atoms with van der Waals surface area (Å²) in [7, 11) is 0. The van der Waals surface area contributed by atoms with Gasteiger partial charge in [0.1, 0.15) is 11.9 Å². The van der Waals surface area contributed by atoms with Crippen molar-refractivity contribution in [2.24, 2.45) is 0 Å². The van der Waals surface area contributed by atoms with Crippen LogP contribution in [0.1, 0.15) is 45.3 Å². The van der Waals surface area contributed by atoms with Gasteiger partial charge < -0.3 is 20.8 Å². The minimum absolute atomic E-state index is 0.00496. The summed E-state index contributed by atoms with van der Waals surface area (Å²) in [5.74, 6) is 0.226. The van der Waals surface area contributed by atoms with E-state index in [4.69, 9.17) is 10.1 Å². The Morgan fingerprint density at radius 1 is 1.32 bits per heavy atom. The summed E-state index contributed by atoms with van der Waals surface area (Å²) in [6, 6.07) is 4.59. The van der Waals surface area contributed by atoms with Gasteiger partial charge >= 0.3 is 0 Å². The Kier molecular flexibility index (Phi) is 6.00. The fourth-order valence-corrected chi connectivity index (χ4v) is 2.66. The molecule has 5 N–H and O–H groups in total. The lowest BCUT2D eigenvalue weighted by molar-refractivity contribution is -0.118. The largest absolute Gasteiger partial charge is 0.493 e. The van der Waals surface area contributed by atoms with Crippen molar-refractivity contribution in [3.05, 3.63) is 35.0 Å². The second kappa shape index (κ2) is 8.00. The van der Waals surface area contributed by atoms with E-state index in [9.17, 15) is 15.2 Å². The molecule has 0 spiro atoms. The number of allylic oxidation sites excluding steroid dienone is 1. The van der Waals surface area contributed by atoms with Crippen LogP contribution in [0.5, 0.6) is 5.75 Å². The maximum atomic E-state index is 12.3. The molecule has 1 aliphatic rings. The second-order valence-corrected chi connectivity index (χ2v) is 5.72. The lowest BCUT2D eigenvalue weighted by atomic mass is 10.0. The quantitative estimate of drug-likeness (QED) is 0.382. The number of benzene rings is 1. The number of hydrogen-bond donors (Lipinski definition) is 5. The van der Waals surface area contributed by atoms with Crippen molar-refractivity contribution in [3.63, 3.8) is 0 Å². The van der Waals surface area contributed by atoms with Crippen LogP contribution in [0.25, 0.3) is 0 Å². The van der Waals surface area contributed by atoms with Crippen LogP contribution >= 0.6 is 0 Å². The highest BCUT2D eigenvalue weighted by Gasteiger charge is 2.28. The molecule has 1 amide bonds. The first-order valence-corrected chi connectivity index (χ1v) is 8.19. The molecular weight excluding hydrogens is 324 g/mol. The van der Waals surface area contributed by atoms with E-state index < -0.39 is 6.17 Å². The summed E-state index contributed by atoms with van der Waals surface area (Å²) < 4.78 is 5.59. The summed E-state index contributed by atoms with van der Waals surface area (Å²) in [6.07, 6.45) is 0.705. The first-order chi connectivity index (χ1) is 11.9. The third-order valence-corrected chi connectivity index (χ3v) is 3.92. The van der Waals surface area contributed by atoms with Gasteiger partial charge in [-0.1, -0.05) is 13.3 Å². The smallest absolute Gasteiger partial charge is 0.250 e. The Hall–Kier alpha value is -2.58. The van der Waals surface area contributed by atoms with Gasteiger partial charge in [0, 0.05) is 11.1 Å². The number of nitrogens with zero attached hydrogens (tertiary/aromatic N) is 1. The van der Waals surface area contributed by atoms with Crippen molar-refractivity contribution in [2.75, 3.05) is 11.8 Å². The summed E-state index contributed by atoms with van der Waals surface area (Å²) in [5.41, 5.74) is 1.98. The van der Waals surface area contributed by atoms with E-state index in [1.54, 1.807) is 13.0 Å². The molecule has 1 aromatic carbocycles. The van der Waals surface area contributed by atoms with Gasteiger partial charge in [-0.2, -0.15) is 0 Å². The van der Waals surface area contributed by atoms with Gasteiger partial charge in [-0.15, -0.1) is 5.23 Å². The number of amides is 1. The summed E-state index contributed by atoms with van der Waals surface area (Å²) >= 11 is 0. The summed E-state index contributed by atoms with van der Waals surface area (Å²) in [6.45, 7) is 5.89. The van der Waals surface area contributed by atoms with Crippen LogP contribution in [0, 0.1) is 5.41 Å². The zero-order valence-electron chi connectivity index (χ0n) is 14.6. The SMILES string of the molecule is CCCC(=N)C1=C(C)C(=O)NC(c2cc(N(O)O)ccc2OCC)N1. The molecule has 8 heteroatoms. The lowest BCUT2D eigenvalue weighted by Crippen LogP contribution is -2.45. The van der Waals surface area contributed by atoms with Crippen molar-refractivity contribution in [3.8, 4) is 5.75 Å². The number of hydrogen-bond acceptors (Lipinski definition) is 7. The molecule has 0 saturated heterocycles. The van der Waals surface area contributed by atoms with E-state index in [1.165, 1.54) is 12.1 Å². The zero-order chi connectivity index (χ0) is 18.6. The standard InChI is InChI=1S/C17H24N4O4/c1-4-6-13(18)15-10(3)17(22)20-16(19-15)12-9-11(21(23)24)7-8-14(12)25-5-2/h7-9,16,18-19,23-24H,4-6H2,1-3H3,(H,20,22). The van der Waals surface area contributed by atoms with Gasteiger partial charge in [0.25, 0.3) is 5.91 Å². The molecule has 1 aliphatic heterocycles. The van der Waals surface area contributed by atoms with Crippen LogP contribution in [0.15, 0.2) is 29.5 Å². The molecule has 0 aromatic heterocycles. The number of anilines is 1. The van der Waals surface area contributed by atoms with Crippen molar-refractivity contribution in [1.29, 1.82) is 5.41 Å². The molecule has 1 heterocycles. The minimum Gasteiger partial charge on any atom is -0.493 e. The highest BCUT2D eigenvalue weighted by molar-refractivity contribution is 6.07. The van der Waals surface area contributed by atoms with E-state index in [-0.39, 0.29) is 16.8 Å². The highest BCUT2D eigenvalue weighted by Crippen LogP contribution is 2.31. The van der Waals surface area contributed by atoms with Crippen LogP contribution in [-0.2, 0) is 4.79 Å². The number of carbonyl (C=O) groups excluding carboxylic acids is 1. The van der Waals surface area contributed by atoms with Crippen molar-refractivity contribution in [2.45, 2.75) is 39.8 Å². The molecular formula is C17H24N4O4. The minimum atomic E-state index is -0.648. The molecule has 0 saturated carbocycles. The topological polar surface area (TPSA) is 118 Å². The van der Waals surface area contributed by atoms with Crippen LogP contribution in [0.2, 0.25) is 0 Å². The monoisotopic (exact) mass is 348 g/mol. The van der Waals surface area contributed by atoms with Crippen LogP contribution in [0.4, 0.5) is 5.69 Å². The molecule has 136 valence electrons. The molecule has 2 rings (SSSR count).